The molecule has 2 N–H and O–H groups in total. The normalized spacial score (nSPS) is 11.4. The first-order chi connectivity index (χ1) is 12.4. The number of hydrogen-bond acceptors (Lipinski definition) is 6. The van der Waals surface area contributed by atoms with E-state index in [1.807, 2.05) is 26.8 Å². The van der Waals surface area contributed by atoms with Crippen LogP contribution in [-0.2, 0) is 11.3 Å². The summed E-state index contributed by atoms with van der Waals surface area (Å²) in [7, 11) is 0. The average Bonchev–Trinajstić information content (AvgIpc) is 3.01. The van der Waals surface area contributed by atoms with E-state index in [9.17, 15) is 4.79 Å². The minimum absolute atomic E-state index is 0.241. The van der Waals surface area contributed by atoms with E-state index in [0.717, 1.165) is 17.1 Å². The van der Waals surface area contributed by atoms with Crippen LogP contribution in [0.5, 0.6) is 0 Å². The van der Waals surface area contributed by atoms with Crippen molar-refractivity contribution in [1.82, 2.24) is 5.32 Å². The molecule has 0 fully saturated rings. The van der Waals surface area contributed by atoms with E-state index in [1.165, 1.54) is 14.0 Å². The van der Waals surface area contributed by atoms with Crippen molar-refractivity contribution in [2.75, 3.05) is 12.4 Å². The van der Waals surface area contributed by atoms with Crippen LogP contribution in [0.3, 0.4) is 0 Å². The Kier molecular flexibility index (Phi) is 8.34. The van der Waals surface area contributed by atoms with Crippen LogP contribution in [0.15, 0.2) is 50.4 Å². The van der Waals surface area contributed by atoms with Gasteiger partial charge < -0.3 is 15.2 Å². The molecule has 0 radical (unpaired) electrons. The van der Waals surface area contributed by atoms with Gasteiger partial charge in [0.05, 0.1) is 10.8 Å². The maximum atomic E-state index is 11.7. The largest absolute Gasteiger partial charge is 0.444 e. The summed E-state index contributed by atoms with van der Waals surface area (Å²) in [6.07, 6.45) is 0.422. The number of rotatable bonds is 8. The van der Waals surface area contributed by atoms with Crippen LogP contribution >= 0.6 is 34.9 Å². The van der Waals surface area contributed by atoms with E-state index in [0.29, 0.717) is 6.54 Å². The molecule has 0 saturated heterocycles. The third-order valence-corrected chi connectivity index (χ3v) is 6.38. The van der Waals surface area contributed by atoms with Crippen LogP contribution in [0.25, 0.3) is 0 Å². The van der Waals surface area contributed by atoms with Gasteiger partial charge in [-0.15, -0.1) is 23.1 Å². The van der Waals surface area contributed by atoms with Crippen molar-refractivity contribution in [3.63, 3.8) is 0 Å². The Morgan fingerprint density at radius 2 is 1.85 bits per heavy atom. The first-order valence-corrected chi connectivity index (χ1v) is 11.0. The van der Waals surface area contributed by atoms with Crippen LogP contribution < -0.4 is 5.32 Å². The molecule has 2 aromatic rings. The van der Waals surface area contributed by atoms with E-state index in [-0.39, 0.29) is 6.61 Å². The molecular formula is C19H25NO3S3. The summed E-state index contributed by atoms with van der Waals surface area (Å²) in [6, 6.07) is 12.6. The van der Waals surface area contributed by atoms with E-state index < -0.39 is 11.7 Å². The number of ether oxygens (including phenoxy) is 1. The summed E-state index contributed by atoms with van der Waals surface area (Å²) >= 11 is 5.14. The third-order valence-electron chi connectivity index (χ3n) is 3.06. The molecule has 0 saturated carbocycles. The molecule has 26 heavy (non-hydrogen) atoms. The highest BCUT2D eigenvalue weighted by Gasteiger charge is 2.15. The summed E-state index contributed by atoms with van der Waals surface area (Å²) in [5.41, 5.74) is -0.483. The molecule has 1 heterocycles. The first kappa shape index (κ1) is 21.2. The zero-order valence-corrected chi connectivity index (χ0v) is 17.7. The third kappa shape index (κ3) is 8.03. The number of hydrogen-bond donors (Lipinski definition) is 2. The molecule has 2 rings (SSSR count). The monoisotopic (exact) mass is 411 g/mol. The molecule has 142 valence electrons. The van der Waals surface area contributed by atoms with Crippen molar-refractivity contribution in [1.29, 1.82) is 0 Å². The van der Waals surface area contributed by atoms with Gasteiger partial charge in [0.1, 0.15) is 5.60 Å². The first-order valence-electron chi connectivity index (χ1n) is 8.43. The summed E-state index contributed by atoms with van der Waals surface area (Å²) in [5.74, 6) is 0.932. The topological polar surface area (TPSA) is 58.6 Å². The van der Waals surface area contributed by atoms with E-state index in [1.54, 1.807) is 34.9 Å². The van der Waals surface area contributed by atoms with Crippen molar-refractivity contribution < 1.29 is 14.6 Å². The fraction of sp³-hybridized carbons (Fsp3) is 0.421. The quantitative estimate of drug-likeness (QED) is 0.450. The number of benzene rings is 1. The summed E-state index contributed by atoms with van der Waals surface area (Å²) in [5, 5.41) is 11.6. The van der Waals surface area contributed by atoms with Crippen LogP contribution in [0.1, 0.15) is 32.1 Å². The van der Waals surface area contributed by atoms with Gasteiger partial charge in [0.15, 0.2) is 0 Å². The second-order valence-corrected chi connectivity index (χ2v) is 10.3. The number of nitrogens with one attached hydrogen (secondary N) is 1. The second kappa shape index (κ2) is 10.3. The number of carbonyl (C=O) groups is 1. The van der Waals surface area contributed by atoms with Gasteiger partial charge in [0.2, 0.25) is 0 Å². The van der Waals surface area contributed by atoms with Crippen LogP contribution in [0, 0.1) is 0 Å². The Bertz CT molecular complexity index is 693. The lowest BCUT2D eigenvalue weighted by atomic mass is 10.2. The van der Waals surface area contributed by atoms with Crippen LogP contribution in [0.2, 0.25) is 0 Å². The van der Waals surface area contributed by atoms with Crippen LogP contribution in [0.4, 0.5) is 4.79 Å². The van der Waals surface area contributed by atoms with Gasteiger partial charge in [-0.05, 0) is 63.6 Å². The average molecular weight is 412 g/mol. The number of aliphatic hydroxyl groups excluding tert-OH is 1. The smallest absolute Gasteiger partial charge is 0.407 e. The van der Waals surface area contributed by atoms with E-state index in [2.05, 4.69) is 35.6 Å². The second-order valence-electron chi connectivity index (χ2n) is 6.58. The standard InChI is InChI=1S/C19H25NO3S3/c1-19(2,3)23-18(22)20-13-16-9-10-17(26-16)25-15-7-5-14(6-8-15)24-12-4-11-21/h5-10,21H,4,11-13H2,1-3H3,(H,20,22). The molecular weight excluding hydrogens is 386 g/mol. The number of aliphatic hydroxyl groups is 1. The fourth-order valence-corrected chi connectivity index (χ4v) is 4.89. The van der Waals surface area contributed by atoms with Gasteiger partial charge in [-0.3, -0.25) is 0 Å². The zero-order chi connectivity index (χ0) is 19.0. The molecule has 1 aromatic carbocycles. The fourth-order valence-electron chi connectivity index (χ4n) is 1.96. The zero-order valence-electron chi connectivity index (χ0n) is 15.3. The lowest BCUT2D eigenvalue weighted by Crippen LogP contribution is -2.31. The number of thiophene rings is 1. The number of alkyl carbamates (subject to hydrolysis) is 1. The molecule has 0 aliphatic heterocycles. The molecule has 0 aliphatic carbocycles. The Labute approximate surface area is 167 Å². The minimum Gasteiger partial charge on any atom is -0.444 e. The van der Waals surface area contributed by atoms with Gasteiger partial charge in [0.25, 0.3) is 0 Å². The Morgan fingerprint density at radius 1 is 1.15 bits per heavy atom. The number of carbonyl (C=O) groups excluding carboxylic acids is 1. The van der Waals surface area contributed by atoms with E-state index >= 15 is 0 Å². The molecule has 7 heteroatoms. The molecule has 0 bridgehead atoms. The summed E-state index contributed by atoms with van der Waals surface area (Å²) in [6.45, 7) is 6.26. The SMILES string of the molecule is CC(C)(C)OC(=O)NCc1ccc(Sc2ccc(SCCCO)cc2)s1. The highest BCUT2D eigenvalue weighted by Crippen LogP contribution is 2.34. The maximum Gasteiger partial charge on any atom is 0.407 e. The lowest BCUT2D eigenvalue weighted by molar-refractivity contribution is 0.0524. The Morgan fingerprint density at radius 3 is 2.50 bits per heavy atom. The predicted molar refractivity (Wildman–Crippen MR) is 110 cm³/mol. The molecule has 0 aliphatic rings. The maximum absolute atomic E-state index is 11.7. The molecule has 0 spiro atoms. The van der Waals surface area contributed by atoms with Gasteiger partial charge >= 0.3 is 6.09 Å². The van der Waals surface area contributed by atoms with Crippen molar-refractivity contribution >= 4 is 41.0 Å². The van der Waals surface area contributed by atoms with Gasteiger partial charge in [-0.1, -0.05) is 11.8 Å². The van der Waals surface area contributed by atoms with Crippen molar-refractivity contribution in [2.24, 2.45) is 0 Å². The van der Waals surface area contributed by atoms with Gasteiger partial charge in [0, 0.05) is 27.0 Å². The lowest BCUT2D eigenvalue weighted by Gasteiger charge is -2.19. The highest BCUT2D eigenvalue weighted by molar-refractivity contribution is 8.01. The molecule has 4 nitrogen and oxygen atoms in total. The van der Waals surface area contributed by atoms with Crippen molar-refractivity contribution in [3.8, 4) is 0 Å². The molecule has 0 unspecified atom stereocenters. The molecule has 1 aromatic heterocycles. The van der Waals surface area contributed by atoms with Gasteiger partial charge in [-0.25, -0.2) is 4.79 Å². The van der Waals surface area contributed by atoms with Crippen LogP contribution in [-0.4, -0.2) is 29.2 Å². The summed E-state index contributed by atoms with van der Waals surface area (Å²) < 4.78 is 6.43. The van der Waals surface area contributed by atoms with Crippen molar-refractivity contribution in [2.45, 2.75) is 53.3 Å². The minimum atomic E-state index is -0.483. The van der Waals surface area contributed by atoms with E-state index in [4.69, 9.17) is 9.84 Å². The van der Waals surface area contributed by atoms with Crippen molar-refractivity contribution in [3.05, 3.63) is 41.3 Å². The summed E-state index contributed by atoms with van der Waals surface area (Å²) in [4.78, 5) is 15.2. The molecule has 0 atom stereocenters. The number of amides is 1. The Hall–Kier alpha value is -1.15. The van der Waals surface area contributed by atoms with Gasteiger partial charge in [-0.2, -0.15) is 0 Å². The predicted octanol–water partition coefficient (Wildman–Crippen LogP) is 5.40. The Balaban J connectivity index is 1.81. The number of thioether (sulfide) groups is 1. The highest BCUT2D eigenvalue weighted by atomic mass is 32.2. The molecule has 1 amide bonds.